The van der Waals surface area contributed by atoms with Crippen molar-refractivity contribution in [2.24, 2.45) is 0 Å². The van der Waals surface area contributed by atoms with Gasteiger partial charge in [-0.1, -0.05) is 6.92 Å². The van der Waals surface area contributed by atoms with Gasteiger partial charge in [-0.2, -0.15) is 5.10 Å². The van der Waals surface area contributed by atoms with E-state index in [0.29, 0.717) is 34.5 Å². The van der Waals surface area contributed by atoms with Crippen molar-refractivity contribution < 1.29 is 14.3 Å². The molecule has 39 heavy (non-hydrogen) atoms. The molecule has 0 fully saturated rings. The van der Waals surface area contributed by atoms with Gasteiger partial charge in [-0.3, -0.25) is 14.9 Å². The van der Waals surface area contributed by atoms with Gasteiger partial charge in [-0.15, -0.1) is 0 Å². The number of phenolic OH excluding ortho intramolecular Hbond substituents is 1. The first-order valence-electron chi connectivity index (χ1n) is 12.3. The van der Waals surface area contributed by atoms with Crippen molar-refractivity contribution in [3.05, 3.63) is 76.4 Å². The zero-order valence-electron chi connectivity index (χ0n) is 20.7. The first-order chi connectivity index (χ1) is 18.9. The van der Waals surface area contributed by atoms with Crippen LogP contribution in [0.3, 0.4) is 0 Å². The molecule has 0 aliphatic carbocycles. The molecule has 2 aromatic carbocycles. The summed E-state index contributed by atoms with van der Waals surface area (Å²) in [5.41, 5.74) is 7.05. The fourth-order valence-corrected chi connectivity index (χ4v) is 5.32. The van der Waals surface area contributed by atoms with Gasteiger partial charge in [0.25, 0.3) is 0 Å². The van der Waals surface area contributed by atoms with Crippen molar-refractivity contribution in [2.45, 2.75) is 19.8 Å². The molecule has 4 heterocycles. The molecule has 4 aromatic heterocycles. The van der Waals surface area contributed by atoms with Crippen LogP contribution in [0.5, 0.6) is 5.75 Å². The van der Waals surface area contributed by atoms with Crippen LogP contribution in [0.25, 0.3) is 55.7 Å². The Labute approximate surface area is 235 Å². The Kier molecular flexibility index (Phi) is 6.47. The maximum absolute atomic E-state index is 14.0. The fourth-order valence-electron chi connectivity index (χ4n) is 4.65. The largest absolute Gasteiger partial charge is 0.508 e. The summed E-state index contributed by atoms with van der Waals surface area (Å²) in [6.45, 7) is 1.97. The molecule has 0 saturated carbocycles. The third-order valence-electron chi connectivity index (χ3n) is 6.36. The number of hydrogen-bond donors (Lipinski definition) is 4. The van der Waals surface area contributed by atoms with E-state index < -0.39 is 5.82 Å². The predicted molar refractivity (Wildman–Crippen MR) is 158 cm³/mol. The van der Waals surface area contributed by atoms with Crippen LogP contribution < -0.4 is 5.32 Å². The highest BCUT2D eigenvalue weighted by Crippen LogP contribution is 2.35. The zero-order chi connectivity index (χ0) is 27.1. The van der Waals surface area contributed by atoms with E-state index in [4.69, 9.17) is 4.98 Å². The molecule has 6 rings (SSSR count). The third-order valence-corrected chi connectivity index (χ3v) is 6.98. The summed E-state index contributed by atoms with van der Waals surface area (Å²) in [6, 6.07) is 15.5. The smallest absolute Gasteiger partial charge is 0.224 e. The van der Waals surface area contributed by atoms with Crippen molar-refractivity contribution >= 4 is 56.1 Å². The normalized spacial score (nSPS) is 11.4. The van der Waals surface area contributed by atoms with Gasteiger partial charge in [-0.05, 0) is 83.1 Å². The predicted octanol–water partition coefficient (Wildman–Crippen LogP) is 7.02. The zero-order valence-corrected chi connectivity index (χ0v) is 22.9. The van der Waals surface area contributed by atoms with E-state index >= 15 is 0 Å². The van der Waals surface area contributed by atoms with Gasteiger partial charge in [0.05, 0.1) is 28.6 Å². The SMILES string of the molecule is CCCC(=O)Nc1cc(I)cc(-c2ccc3[nH]nc(-c4cc5c(-c6cc(O)cc(F)c6)cncc5[nH]4)c3n2)c1. The molecule has 0 atom stereocenters. The molecule has 4 N–H and O–H groups in total. The second-order valence-corrected chi connectivity index (χ2v) is 10.5. The molecule has 10 heteroatoms. The van der Waals surface area contributed by atoms with E-state index in [1.165, 1.54) is 12.1 Å². The molecule has 6 aromatic rings. The number of pyridine rings is 2. The molecular formula is C29H22FIN6O2. The van der Waals surface area contributed by atoms with Crippen molar-refractivity contribution in [1.29, 1.82) is 0 Å². The highest BCUT2D eigenvalue weighted by molar-refractivity contribution is 14.1. The molecule has 0 spiro atoms. The van der Waals surface area contributed by atoms with Crippen molar-refractivity contribution in [3.8, 4) is 39.5 Å². The second kappa shape index (κ2) is 10.1. The third kappa shape index (κ3) is 4.94. The average Bonchev–Trinajstić information content (AvgIpc) is 3.51. The first kappa shape index (κ1) is 25.0. The number of benzene rings is 2. The van der Waals surface area contributed by atoms with E-state index in [-0.39, 0.29) is 11.7 Å². The van der Waals surface area contributed by atoms with Crippen LogP contribution in [0.2, 0.25) is 0 Å². The summed E-state index contributed by atoms with van der Waals surface area (Å²) in [7, 11) is 0. The highest BCUT2D eigenvalue weighted by atomic mass is 127. The minimum absolute atomic E-state index is 0.0212. The van der Waals surface area contributed by atoms with Crippen molar-refractivity contribution in [2.75, 3.05) is 5.32 Å². The Morgan fingerprint density at radius 2 is 1.92 bits per heavy atom. The summed E-state index contributed by atoms with van der Waals surface area (Å²) < 4.78 is 15.0. The number of rotatable bonds is 6. The van der Waals surface area contributed by atoms with Crippen LogP contribution >= 0.6 is 22.6 Å². The van der Waals surface area contributed by atoms with E-state index in [1.54, 1.807) is 12.4 Å². The Bertz CT molecular complexity index is 1860. The summed E-state index contributed by atoms with van der Waals surface area (Å²) in [5.74, 6) is -0.708. The van der Waals surface area contributed by atoms with Gasteiger partial charge >= 0.3 is 0 Å². The van der Waals surface area contributed by atoms with Crippen LogP contribution in [-0.4, -0.2) is 36.2 Å². The van der Waals surface area contributed by atoms with Crippen LogP contribution in [0.4, 0.5) is 10.1 Å². The highest BCUT2D eigenvalue weighted by Gasteiger charge is 2.17. The molecular weight excluding hydrogens is 610 g/mol. The quantitative estimate of drug-likeness (QED) is 0.147. The van der Waals surface area contributed by atoms with Crippen LogP contribution in [0, 0.1) is 9.39 Å². The number of phenols is 1. The minimum atomic E-state index is -0.531. The lowest BCUT2D eigenvalue weighted by Crippen LogP contribution is -2.10. The number of H-pyrrole nitrogens is 2. The van der Waals surface area contributed by atoms with Crippen LogP contribution in [0.1, 0.15) is 19.8 Å². The number of hydrogen-bond acceptors (Lipinski definition) is 5. The lowest BCUT2D eigenvalue weighted by Gasteiger charge is -2.09. The molecule has 8 nitrogen and oxygen atoms in total. The van der Waals surface area contributed by atoms with Gasteiger partial charge < -0.3 is 15.4 Å². The maximum atomic E-state index is 14.0. The molecule has 0 aliphatic rings. The number of fused-ring (bicyclic) bond motifs is 2. The van der Waals surface area contributed by atoms with Gasteiger partial charge in [0.2, 0.25) is 5.91 Å². The number of halogens is 2. The molecule has 0 unspecified atom stereocenters. The standard InChI is InChI=1S/C29H22FIN6O2/c1-2-3-27(39)33-19-8-16(7-18(31)11-19)23-4-5-24-28(35-23)29(37-36-24)25-12-21-22(13-32-14-26(21)34-25)15-6-17(30)10-20(38)9-15/h4-14,34,38H,2-3H2,1H3,(H,33,39)(H,36,37). The minimum Gasteiger partial charge on any atom is -0.508 e. The number of aromatic amines is 2. The van der Waals surface area contributed by atoms with Crippen molar-refractivity contribution in [1.82, 2.24) is 25.1 Å². The number of carbonyl (C=O) groups is 1. The Balaban J connectivity index is 1.42. The lowest BCUT2D eigenvalue weighted by atomic mass is 10.0. The van der Waals surface area contributed by atoms with Gasteiger partial charge in [0.15, 0.2) is 0 Å². The fraction of sp³-hybridized carbons (Fsp3) is 0.103. The summed E-state index contributed by atoms with van der Waals surface area (Å²) in [6.07, 6.45) is 4.57. The number of nitrogens with one attached hydrogen (secondary N) is 3. The summed E-state index contributed by atoms with van der Waals surface area (Å²) >= 11 is 2.23. The lowest BCUT2D eigenvalue weighted by molar-refractivity contribution is -0.116. The average molecular weight is 632 g/mol. The topological polar surface area (TPSA) is 120 Å². The Morgan fingerprint density at radius 1 is 1.05 bits per heavy atom. The Hall–Kier alpha value is -4.32. The van der Waals surface area contributed by atoms with E-state index in [9.17, 15) is 14.3 Å². The van der Waals surface area contributed by atoms with Gasteiger partial charge in [0.1, 0.15) is 22.8 Å². The first-order valence-corrected chi connectivity index (χ1v) is 13.4. The number of aromatic hydroxyl groups is 1. The van der Waals surface area contributed by atoms with Gasteiger partial charge in [-0.25, -0.2) is 9.37 Å². The maximum Gasteiger partial charge on any atom is 0.224 e. The monoisotopic (exact) mass is 632 g/mol. The number of nitrogens with zero attached hydrogens (tertiary/aromatic N) is 3. The van der Waals surface area contributed by atoms with E-state index in [0.717, 1.165) is 49.4 Å². The van der Waals surface area contributed by atoms with Crippen LogP contribution in [-0.2, 0) is 4.79 Å². The van der Waals surface area contributed by atoms with E-state index in [1.807, 2.05) is 43.3 Å². The van der Waals surface area contributed by atoms with E-state index in [2.05, 4.69) is 48.1 Å². The Morgan fingerprint density at radius 3 is 2.74 bits per heavy atom. The molecule has 1 amide bonds. The number of anilines is 1. The second-order valence-electron chi connectivity index (χ2n) is 9.22. The molecule has 0 bridgehead atoms. The number of carbonyl (C=O) groups excluding carboxylic acids is 1. The molecule has 194 valence electrons. The number of amides is 1. The van der Waals surface area contributed by atoms with Gasteiger partial charge in [0, 0.05) is 44.5 Å². The number of aromatic nitrogens is 5. The molecule has 0 aliphatic heterocycles. The molecule has 0 saturated heterocycles. The molecule has 0 radical (unpaired) electrons. The van der Waals surface area contributed by atoms with Crippen molar-refractivity contribution in [3.63, 3.8) is 0 Å². The summed E-state index contributed by atoms with van der Waals surface area (Å²) in [5, 5.41) is 21.3. The summed E-state index contributed by atoms with van der Waals surface area (Å²) in [4.78, 5) is 24.7. The van der Waals surface area contributed by atoms with Crippen LogP contribution in [0.15, 0.2) is 67.0 Å².